The number of hydrogen-bond acceptors (Lipinski definition) is 2. The third-order valence-electron chi connectivity index (χ3n) is 4.96. The van der Waals surface area contributed by atoms with Gasteiger partial charge in [-0.25, -0.2) is 0 Å². The van der Waals surface area contributed by atoms with E-state index in [9.17, 15) is 0 Å². The highest BCUT2D eigenvalue weighted by molar-refractivity contribution is 5.27. The predicted molar refractivity (Wildman–Crippen MR) is 107 cm³/mol. The van der Waals surface area contributed by atoms with Gasteiger partial charge >= 0.3 is 0 Å². The molecule has 0 atom stereocenters. The first-order chi connectivity index (χ1) is 11.7. The molecule has 1 rings (SSSR count). The van der Waals surface area contributed by atoms with Gasteiger partial charge in [-0.3, -0.25) is 9.80 Å². The van der Waals surface area contributed by atoms with Gasteiger partial charge < -0.3 is 0 Å². The lowest BCUT2D eigenvalue weighted by molar-refractivity contribution is 0.259. The van der Waals surface area contributed by atoms with E-state index in [2.05, 4.69) is 61.8 Å². The summed E-state index contributed by atoms with van der Waals surface area (Å²) in [5.41, 5.74) is 3.04. The first kappa shape index (κ1) is 21.2. The first-order valence-electron chi connectivity index (χ1n) is 10.3. The normalized spacial score (nSPS) is 11.6. The Morgan fingerprint density at radius 3 is 1.38 bits per heavy atom. The van der Waals surface area contributed by atoms with Crippen molar-refractivity contribution in [3.05, 3.63) is 35.4 Å². The Hall–Kier alpha value is -0.860. The molecular formula is C22H40N2. The third-order valence-corrected chi connectivity index (χ3v) is 4.96. The zero-order valence-electron chi connectivity index (χ0n) is 16.7. The van der Waals surface area contributed by atoms with Crippen molar-refractivity contribution >= 4 is 0 Å². The molecule has 2 nitrogen and oxygen atoms in total. The molecule has 0 bridgehead atoms. The second-order valence-electron chi connectivity index (χ2n) is 6.92. The van der Waals surface area contributed by atoms with E-state index in [4.69, 9.17) is 0 Å². The smallest absolute Gasteiger partial charge is 0.0236 e. The monoisotopic (exact) mass is 332 g/mol. The van der Waals surface area contributed by atoms with Crippen molar-refractivity contribution in [3.8, 4) is 0 Å². The van der Waals surface area contributed by atoms with Crippen LogP contribution in [0.25, 0.3) is 0 Å². The summed E-state index contributed by atoms with van der Waals surface area (Å²) in [7, 11) is 0. The lowest BCUT2D eigenvalue weighted by Gasteiger charge is -2.25. The van der Waals surface area contributed by atoms with Crippen LogP contribution >= 0.6 is 0 Å². The van der Waals surface area contributed by atoms with Crippen LogP contribution in [0, 0.1) is 0 Å². The molecule has 24 heavy (non-hydrogen) atoms. The van der Waals surface area contributed by atoms with Crippen molar-refractivity contribution in [1.29, 1.82) is 0 Å². The van der Waals surface area contributed by atoms with Crippen LogP contribution < -0.4 is 0 Å². The molecule has 0 radical (unpaired) electrons. The topological polar surface area (TPSA) is 6.48 Å². The minimum absolute atomic E-state index is 1.10. The molecule has 0 aliphatic carbocycles. The molecular weight excluding hydrogens is 292 g/mol. The number of rotatable bonds is 14. The van der Waals surface area contributed by atoms with Gasteiger partial charge in [-0.1, -0.05) is 77.6 Å². The molecule has 0 fully saturated rings. The fraction of sp³-hybridized carbons (Fsp3) is 0.727. The summed E-state index contributed by atoms with van der Waals surface area (Å²) in [4.78, 5) is 5.20. The molecule has 0 heterocycles. The minimum atomic E-state index is 1.10. The van der Waals surface area contributed by atoms with E-state index < -0.39 is 0 Å². The summed E-state index contributed by atoms with van der Waals surface area (Å²) in [5, 5.41) is 0. The summed E-state index contributed by atoms with van der Waals surface area (Å²) in [6.07, 6.45) is 7.95. The maximum atomic E-state index is 2.60. The Kier molecular flexibility index (Phi) is 11.9. The van der Waals surface area contributed by atoms with Crippen LogP contribution in [0.1, 0.15) is 77.3 Å². The summed E-state index contributed by atoms with van der Waals surface area (Å²) < 4.78 is 0. The van der Waals surface area contributed by atoms with E-state index in [0.717, 1.165) is 26.2 Å². The number of hydrogen-bond donors (Lipinski definition) is 0. The van der Waals surface area contributed by atoms with Crippen LogP contribution in [0.2, 0.25) is 0 Å². The molecule has 0 aromatic heterocycles. The van der Waals surface area contributed by atoms with Gasteiger partial charge in [-0.05, 0) is 50.1 Å². The predicted octanol–water partition coefficient (Wildman–Crippen LogP) is 5.71. The van der Waals surface area contributed by atoms with Crippen molar-refractivity contribution in [3.63, 3.8) is 0 Å². The molecule has 1 aromatic carbocycles. The molecule has 0 spiro atoms. The van der Waals surface area contributed by atoms with Gasteiger partial charge in [0.1, 0.15) is 0 Å². The van der Waals surface area contributed by atoms with Gasteiger partial charge in [-0.15, -0.1) is 0 Å². The molecule has 0 saturated carbocycles. The van der Waals surface area contributed by atoms with Gasteiger partial charge in [0, 0.05) is 13.1 Å². The minimum Gasteiger partial charge on any atom is -0.299 e. The number of unbranched alkanes of at least 4 members (excludes halogenated alkanes) is 4. The van der Waals surface area contributed by atoms with E-state index in [-0.39, 0.29) is 0 Å². The second-order valence-corrected chi connectivity index (χ2v) is 6.92. The van der Waals surface area contributed by atoms with Gasteiger partial charge in [0.05, 0.1) is 0 Å². The summed E-state index contributed by atoms with van der Waals surface area (Å²) in [6.45, 7) is 16.1. The van der Waals surface area contributed by atoms with Crippen LogP contribution in [0.5, 0.6) is 0 Å². The third kappa shape index (κ3) is 8.30. The SMILES string of the molecule is CCCCCN(CC)Cc1ccccc1CN(CC)CCCCC. The van der Waals surface area contributed by atoms with Crippen molar-refractivity contribution in [2.24, 2.45) is 0 Å². The largest absolute Gasteiger partial charge is 0.299 e. The highest BCUT2D eigenvalue weighted by atomic mass is 15.1. The molecule has 0 aliphatic rings. The standard InChI is InChI=1S/C22H40N2/c1-5-9-13-17-23(7-3)19-21-15-11-12-16-22(21)20-24(8-4)18-14-10-6-2/h11-12,15-16H,5-10,13-14,17-20H2,1-4H3. The van der Waals surface area contributed by atoms with E-state index in [1.165, 1.54) is 62.7 Å². The van der Waals surface area contributed by atoms with Crippen LogP contribution in [0.4, 0.5) is 0 Å². The fourth-order valence-corrected chi connectivity index (χ4v) is 3.22. The van der Waals surface area contributed by atoms with Crippen molar-refractivity contribution in [1.82, 2.24) is 9.80 Å². The maximum Gasteiger partial charge on any atom is 0.0236 e. The Morgan fingerprint density at radius 2 is 1.04 bits per heavy atom. The van der Waals surface area contributed by atoms with Crippen molar-refractivity contribution < 1.29 is 0 Å². The van der Waals surface area contributed by atoms with Gasteiger partial charge in [-0.2, -0.15) is 0 Å². The molecule has 0 unspecified atom stereocenters. The van der Waals surface area contributed by atoms with E-state index >= 15 is 0 Å². The van der Waals surface area contributed by atoms with Crippen LogP contribution in [0.3, 0.4) is 0 Å². The van der Waals surface area contributed by atoms with Gasteiger partial charge in [0.25, 0.3) is 0 Å². The molecule has 2 heteroatoms. The summed E-state index contributed by atoms with van der Waals surface area (Å²) in [6, 6.07) is 9.06. The Balaban J connectivity index is 2.64. The lowest BCUT2D eigenvalue weighted by atomic mass is 10.1. The highest BCUT2D eigenvalue weighted by Crippen LogP contribution is 2.15. The van der Waals surface area contributed by atoms with Crippen molar-refractivity contribution in [2.45, 2.75) is 79.3 Å². The average Bonchev–Trinajstić information content (AvgIpc) is 2.61. The Labute approximate surface area is 151 Å². The van der Waals surface area contributed by atoms with Crippen molar-refractivity contribution in [2.75, 3.05) is 26.2 Å². The molecule has 1 aromatic rings. The highest BCUT2D eigenvalue weighted by Gasteiger charge is 2.10. The lowest BCUT2D eigenvalue weighted by Crippen LogP contribution is -2.27. The first-order valence-corrected chi connectivity index (χ1v) is 10.3. The molecule has 0 aliphatic heterocycles. The Bertz CT molecular complexity index is 377. The fourth-order valence-electron chi connectivity index (χ4n) is 3.22. The van der Waals surface area contributed by atoms with Gasteiger partial charge in [0.2, 0.25) is 0 Å². The zero-order valence-corrected chi connectivity index (χ0v) is 16.7. The molecule has 0 N–H and O–H groups in total. The number of nitrogens with zero attached hydrogens (tertiary/aromatic N) is 2. The van der Waals surface area contributed by atoms with E-state index in [1.54, 1.807) is 0 Å². The summed E-state index contributed by atoms with van der Waals surface area (Å²) in [5.74, 6) is 0. The average molecular weight is 333 g/mol. The van der Waals surface area contributed by atoms with E-state index in [1.807, 2.05) is 0 Å². The number of benzene rings is 1. The Morgan fingerprint density at radius 1 is 0.625 bits per heavy atom. The molecule has 0 saturated heterocycles. The molecule has 0 amide bonds. The maximum absolute atomic E-state index is 2.60. The quantitative estimate of drug-likeness (QED) is 0.403. The molecule has 138 valence electrons. The second kappa shape index (κ2) is 13.4. The van der Waals surface area contributed by atoms with Gasteiger partial charge in [0.15, 0.2) is 0 Å². The van der Waals surface area contributed by atoms with Crippen LogP contribution in [-0.4, -0.2) is 36.0 Å². The van der Waals surface area contributed by atoms with Crippen LogP contribution in [0.15, 0.2) is 24.3 Å². The van der Waals surface area contributed by atoms with Crippen LogP contribution in [-0.2, 0) is 13.1 Å². The summed E-state index contributed by atoms with van der Waals surface area (Å²) >= 11 is 0. The van der Waals surface area contributed by atoms with E-state index in [0.29, 0.717) is 0 Å². The zero-order chi connectivity index (χ0) is 17.6.